The van der Waals surface area contributed by atoms with Crippen LogP contribution in [0.4, 0.5) is 0 Å². The fourth-order valence-corrected chi connectivity index (χ4v) is 1.83. The fourth-order valence-electron chi connectivity index (χ4n) is 1.83. The Morgan fingerprint density at radius 3 is 3.07 bits per heavy atom. The second kappa shape index (κ2) is 4.68. The largest absolute Gasteiger partial charge is 0.376 e. The molecule has 4 nitrogen and oxygen atoms in total. The van der Waals surface area contributed by atoms with E-state index in [9.17, 15) is 0 Å². The fraction of sp³-hybridized carbons (Fsp3) is 0.636. The Morgan fingerprint density at radius 2 is 2.27 bits per heavy atom. The van der Waals surface area contributed by atoms with Crippen molar-refractivity contribution in [2.75, 3.05) is 13.2 Å². The van der Waals surface area contributed by atoms with Crippen LogP contribution in [-0.4, -0.2) is 23.1 Å². The summed E-state index contributed by atoms with van der Waals surface area (Å²) < 4.78 is 5.40. The van der Waals surface area contributed by atoms with Crippen LogP contribution in [0.5, 0.6) is 0 Å². The van der Waals surface area contributed by atoms with Crippen molar-refractivity contribution in [1.82, 2.24) is 9.97 Å². The third-order valence-electron chi connectivity index (χ3n) is 2.68. The zero-order chi connectivity index (χ0) is 10.7. The molecule has 0 saturated carbocycles. The normalized spacial score (nSPS) is 15.1. The van der Waals surface area contributed by atoms with Crippen molar-refractivity contribution in [3.63, 3.8) is 0 Å². The lowest BCUT2D eigenvalue weighted by molar-refractivity contribution is 0.108. The molecule has 0 unspecified atom stereocenters. The number of hydrogen-bond acceptors (Lipinski definition) is 4. The SMILES string of the molecule is Cc1nc(CCCN)nc2c1COCC2. The van der Waals surface area contributed by atoms with E-state index in [1.165, 1.54) is 11.3 Å². The standard InChI is InChI=1S/C11H17N3O/c1-8-9-7-15-6-4-10(9)14-11(13-8)3-2-5-12/h2-7,12H2,1H3. The summed E-state index contributed by atoms with van der Waals surface area (Å²) >= 11 is 0. The van der Waals surface area contributed by atoms with Crippen LogP contribution in [0.25, 0.3) is 0 Å². The van der Waals surface area contributed by atoms with Crippen LogP contribution >= 0.6 is 0 Å². The molecule has 0 spiro atoms. The molecule has 1 aromatic rings. The summed E-state index contributed by atoms with van der Waals surface area (Å²) in [5.74, 6) is 0.929. The quantitative estimate of drug-likeness (QED) is 0.794. The molecular formula is C11H17N3O. The van der Waals surface area contributed by atoms with E-state index in [0.717, 1.165) is 37.4 Å². The van der Waals surface area contributed by atoms with Gasteiger partial charge in [0, 0.05) is 24.1 Å². The molecule has 0 bridgehead atoms. The summed E-state index contributed by atoms with van der Waals surface area (Å²) in [5, 5.41) is 0. The van der Waals surface area contributed by atoms with Crippen molar-refractivity contribution in [2.24, 2.45) is 5.73 Å². The molecule has 4 heteroatoms. The predicted octanol–water partition coefficient (Wildman–Crippen LogP) is 0.749. The summed E-state index contributed by atoms with van der Waals surface area (Å²) in [5.41, 5.74) is 8.88. The molecule has 0 amide bonds. The van der Waals surface area contributed by atoms with Crippen LogP contribution < -0.4 is 5.73 Å². The molecule has 1 aromatic heterocycles. The number of aryl methyl sites for hydroxylation is 2. The summed E-state index contributed by atoms with van der Waals surface area (Å²) in [6.45, 7) is 4.17. The Balaban J connectivity index is 2.24. The number of nitrogens with zero attached hydrogens (tertiary/aromatic N) is 2. The summed E-state index contributed by atoms with van der Waals surface area (Å²) in [6.07, 6.45) is 2.74. The van der Waals surface area contributed by atoms with Crippen molar-refractivity contribution in [3.05, 3.63) is 22.8 Å². The Morgan fingerprint density at radius 1 is 1.40 bits per heavy atom. The van der Waals surface area contributed by atoms with E-state index in [-0.39, 0.29) is 0 Å². The first-order valence-corrected chi connectivity index (χ1v) is 5.44. The smallest absolute Gasteiger partial charge is 0.128 e. The maximum absolute atomic E-state index is 5.48. The lowest BCUT2D eigenvalue weighted by Gasteiger charge is -2.17. The van der Waals surface area contributed by atoms with Crippen molar-refractivity contribution in [3.8, 4) is 0 Å². The first-order valence-electron chi connectivity index (χ1n) is 5.44. The van der Waals surface area contributed by atoms with Gasteiger partial charge in [0.25, 0.3) is 0 Å². The van der Waals surface area contributed by atoms with Crippen molar-refractivity contribution in [2.45, 2.75) is 32.8 Å². The lowest BCUT2D eigenvalue weighted by Crippen LogP contribution is -2.16. The molecule has 2 N–H and O–H groups in total. The van der Waals surface area contributed by atoms with Crippen LogP contribution in [0.2, 0.25) is 0 Å². The molecule has 1 aliphatic heterocycles. The molecule has 2 heterocycles. The maximum atomic E-state index is 5.48. The zero-order valence-corrected chi connectivity index (χ0v) is 9.12. The van der Waals surface area contributed by atoms with E-state index in [2.05, 4.69) is 9.97 Å². The summed E-state index contributed by atoms with van der Waals surface area (Å²) in [6, 6.07) is 0. The van der Waals surface area contributed by atoms with Gasteiger partial charge in [0.1, 0.15) is 5.82 Å². The van der Waals surface area contributed by atoms with Crippen LogP contribution in [0, 0.1) is 6.92 Å². The van der Waals surface area contributed by atoms with Crippen LogP contribution in [0.1, 0.15) is 29.2 Å². The predicted molar refractivity (Wildman–Crippen MR) is 57.5 cm³/mol. The Bertz CT molecular complexity index is 352. The molecular weight excluding hydrogens is 190 g/mol. The minimum atomic E-state index is 0.665. The number of ether oxygens (including phenoxy) is 1. The molecule has 0 aliphatic carbocycles. The minimum Gasteiger partial charge on any atom is -0.376 e. The van der Waals surface area contributed by atoms with Gasteiger partial charge in [-0.15, -0.1) is 0 Å². The second-order valence-corrected chi connectivity index (χ2v) is 3.85. The van der Waals surface area contributed by atoms with Crippen LogP contribution in [0.15, 0.2) is 0 Å². The first kappa shape index (κ1) is 10.5. The first-order chi connectivity index (χ1) is 7.31. The van der Waals surface area contributed by atoms with Crippen LogP contribution in [-0.2, 0) is 24.2 Å². The van der Waals surface area contributed by atoms with Gasteiger partial charge in [0.2, 0.25) is 0 Å². The Labute approximate surface area is 89.9 Å². The topological polar surface area (TPSA) is 61.0 Å². The molecule has 15 heavy (non-hydrogen) atoms. The molecule has 0 fully saturated rings. The van der Waals surface area contributed by atoms with E-state index < -0.39 is 0 Å². The Hall–Kier alpha value is -1.00. The number of hydrogen-bond donors (Lipinski definition) is 1. The van der Waals surface area contributed by atoms with Gasteiger partial charge >= 0.3 is 0 Å². The van der Waals surface area contributed by atoms with Crippen molar-refractivity contribution in [1.29, 1.82) is 0 Å². The van der Waals surface area contributed by atoms with Gasteiger partial charge < -0.3 is 10.5 Å². The van der Waals surface area contributed by atoms with Gasteiger partial charge in [0.05, 0.1) is 18.9 Å². The molecule has 82 valence electrons. The summed E-state index contributed by atoms with van der Waals surface area (Å²) in [4.78, 5) is 9.04. The van der Waals surface area contributed by atoms with Gasteiger partial charge in [-0.25, -0.2) is 9.97 Å². The molecule has 0 radical (unpaired) electrons. The van der Waals surface area contributed by atoms with Gasteiger partial charge in [-0.3, -0.25) is 0 Å². The number of aromatic nitrogens is 2. The molecule has 1 aliphatic rings. The zero-order valence-electron chi connectivity index (χ0n) is 9.12. The van der Waals surface area contributed by atoms with Gasteiger partial charge in [0.15, 0.2) is 0 Å². The van der Waals surface area contributed by atoms with Gasteiger partial charge in [-0.05, 0) is 19.9 Å². The van der Waals surface area contributed by atoms with E-state index in [0.29, 0.717) is 13.2 Å². The molecule has 2 rings (SSSR count). The third kappa shape index (κ3) is 2.33. The number of rotatable bonds is 3. The van der Waals surface area contributed by atoms with Crippen LogP contribution in [0.3, 0.4) is 0 Å². The highest BCUT2D eigenvalue weighted by molar-refractivity contribution is 5.26. The second-order valence-electron chi connectivity index (χ2n) is 3.85. The van der Waals surface area contributed by atoms with E-state index in [1.807, 2.05) is 6.92 Å². The molecule has 0 saturated heterocycles. The van der Waals surface area contributed by atoms with E-state index in [4.69, 9.17) is 10.5 Å². The number of nitrogens with two attached hydrogens (primary N) is 1. The molecule has 0 aromatic carbocycles. The Kier molecular flexibility index (Phi) is 3.28. The minimum absolute atomic E-state index is 0.665. The van der Waals surface area contributed by atoms with Crippen molar-refractivity contribution >= 4 is 0 Å². The lowest BCUT2D eigenvalue weighted by atomic mass is 10.1. The van der Waals surface area contributed by atoms with E-state index in [1.54, 1.807) is 0 Å². The summed E-state index contributed by atoms with van der Waals surface area (Å²) in [7, 11) is 0. The molecule has 0 atom stereocenters. The number of fused-ring (bicyclic) bond motifs is 1. The van der Waals surface area contributed by atoms with Gasteiger partial charge in [-0.1, -0.05) is 0 Å². The average Bonchev–Trinajstić information content (AvgIpc) is 2.26. The monoisotopic (exact) mass is 207 g/mol. The average molecular weight is 207 g/mol. The highest BCUT2D eigenvalue weighted by atomic mass is 16.5. The van der Waals surface area contributed by atoms with E-state index >= 15 is 0 Å². The van der Waals surface area contributed by atoms with Crippen molar-refractivity contribution < 1.29 is 4.74 Å². The van der Waals surface area contributed by atoms with Gasteiger partial charge in [-0.2, -0.15) is 0 Å². The maximum Gasteiger partial charge on any atom is 0.128 e. The highest BCUT2D eigenvalue weighted by Crippen LogP contribution is 2.17. The highest BCUT2D eigenvalue weighted by Gasteiger charge is 2.15. The third-order valence-corrected chi connectivity index (χ3v) is 2.68.